The lowest BCUT2D eigenvalue weighted by Gasteiger charge is -2.00. The summed E-state index contributed by atoms with van der Waals surface area (Å²) < 4.78 is 1.84. The Kier molecular flexibility index (Phi) is 3.98. The molecule has 3 aromatic rings. The van der Waals surface area contributed by atoms with Crippen LogP contribution in [0.3, 0.4) is 0 Å². The van der Waals surface area contributed by atoms with E-state index in [2.05, 4.69) is 15.3 Å². The first-order chi connectivity index (χ1) is 10.2. The molecule has 0 aromatic carbocycles. The second-order valence-corrected chi connectivity index (χ2v) is 5.45. The third-order valence-electron chi connectivity index (χ3n) is 2.82. The molecule has 7 heteroatoms. The highest BCUT2D eigenvalue weighted by atomic mass is 35.5. The highest BCUT2D eigenvalue weighted by Gasteiger charge is 2.08. The van der Waals surface area contributed by atoms with Crippen molar-refractivity contribution in [2.45, 2.75) is 6.54 Å². The molecule has 0 radical (unpaired) electrons. The summed E-state index contributed by atoms with van der Waals surface area (Å²) in [6.45, 7) is 0.387. The molecule has 5 nitrogen and oxygen atoms in total. The second kappa shape index (κ2) is 6.07. The van der Waals surface area contributed by atoms with Gasteiger partial charge in [0.2, 0.25) is 5.91 Å². The Hall–Kier alpha value is -2.18. The van der Waals surface area contributed by atoms with Crippen LogP contribution in [0.15, 0.2) is 42.0 Å². The molecule has 106 valence electrons. The van der Waals surface area contributed by atoms with Crippen LogP contribution < -0.4 is 5.32 Å². The molecule has 3 aromatic heterocycles. The van der Waals surface area contributed by atoms with Crippen LogP contribution in [-0.2, 0) is 11.3 Å². The maximum atomic E-state index is 11.8. The number of hydrogen-bond donors (Lipinski definition) is 1. The molecule has 0 aliphatic rings. The lowest BCUT2D eigenvalue weighted by Crippen LogP contribution is -2.20. The van der Waals surface area contributed by atoms with Crippen molar-refractivity contribution in [3.63, 3.8) is 0 Å². The summed E-state index contributed by atoms with van der Waals surface area (Å²) >= 11 is 7.54. The quantitative estimate of drug-likeness (QED) is 0.752. The number of halogens is 1. The lowest BCUT2D eigenvalue weighted by atomic mass is 10.3. The fourth-order valence-corrected chi connectivity index (χ4v) is 2.83. The summed E-state index contributed by atoms with van der Waals surface area (Å²) in [5, 5.41) is 5.06. The van der Waals surface area contributed by atoms with Gasteiger partial charge in [-0.15, -0.1) is 11.3 Å². The highest BCUT2D eigenvalue weighted by Crippen LogP contribution is 2.22. The predicted molar refractivity (Wildman–Crippen MR) is 83.2 cm³/mol. The van der Waals surface area contributed by atoms with Gasteiger partial charge in [0, 0.05) is 23.8 Å². The van der Waals surface area contributed by atoms with Gasteiger partial charge in [0.25, 0.3) is 0 Å². The van der Waals surface area contributed by atoms with Gasteiger partial charge in [-0.3, -0.25) is 14.2 Å². The van der Waals surface area contributed by atoms with E-state index in [-0.39, 0.29) is 5.91 Å². The van der Waals surface area contributed by atoms with E-state index in [1.165, 1.54) is 17.4 Å². The Bertz CT molecular complexity index is 794. The molecule has 0 aliphatic carbocycles. The number of aromatic nitrogens is 3. The number of imidazole rings is 1. The van der Waals surface area contributed by atoms with Crippen LogP contribution in [-0.4, -0.2) is 20.3 Å². The summed E-state index contributed by atoms with van der Waals surface area (Å²) in [4.78, 5) is 20.9. The molecule has 0 saturated heterocycles. The second-order valence-electron chi connectivity index (χ2n) is 4.22. The van der Waals surface area contributed by atoms with Crippen LogP contribution in [0.1, 0.15) is 11.4 Å². The number of carbonyl (C=O) groups is 1. The van der Waals surface area contributed by atoms with Gasteiger partial charge in [0.05, 0.1) is 17.9 Å². The monoisotopic (exact) mass is 318 g/mol. The number of thiazole rings is 1. The van der Waals surface area contributed by atoms with Crippen LogP contribution >= 0.6 is 22.9 Å². The Morgan fingerprint density at radius 3 is 3.19 bits per heavy atom. The van der Waals surface area contributed by atoms with E-state index in [9.17, 15) is 4.79 Å². The molecule has 0 bridgehead atoms. The molecule has 0 unspecified atom stereocenters. The topological polar surface area (TPSA) is 59.3 Å². The van der Waals surface area contributed by atoms with Crippen molar-refractivity contribution in [3.8, 4) is 0 Å². The number of rotatable bonds is 4. The first-order valence-corrected chi connectivity index (χ1v) is 7.46. The third kappa shape index (κ3) is 3.12. The van der Waals surface area contributed by atoms with Gasteiger partial charge in [-0.2, -0.15) is 0 Å². The minimum absolute atomic E-state index is 0.207. The zero-order valence-electron chi connectivity index (χ0n) is 10.9. The van der Waals surface area contributed by atoms with Crippen molar-refractivity contribution in [3.05, 3.63) is 58.6 Å². The zero-order valence-corrected chi connectivity index (χ0v) is 12.4. The smallest absolute Gasteiger partial charge is 0.244 e. The van der Waals surface area contributed by atoms with Crippen LogP contribution in [0.25, 0.3) is 11.0 Å². The van der Waals surface area contributed by atoms with E-state index in [0.29, 0.717) is 17.4 Å². The minimum Gasteiger partial charge on any atom is -0.347 e. The summed E-state index contributed by atoms with van der Waals surface area (Å²) in [6, 6.07) is 5.56. The van der Waals surface area contributed by atoms with Crippen molar-refractivity contribution < 1.29 is 4.79 Å². The summed E-state index contributed by atoms with van der Waals surface area (Å²) in [5.74, 6) is -0.207. The number of amides is 1. The normalized spacial score (nSPS) is 11.3. The van der Waals surface area contributed by atoms with Gasteiger partial charge in [-0.1, -0.05) is 17.7 Å². The first-order valence-electron chi connectivity index (χ1n) is 6.21. The molecule has 3 rings (SSSR count). The Balaban J connectivity index is 1.67. The SMILES string of the molecule is O=C(/C=C/c1c(Cl)nc2sccn12)NCc1ccccn1. The predicted octanol–water partition coefficient (Wildman–Crippen LogP) is 2.77. The number of nitrogens with zero attached hydrogens (tertiary/aromatic N) is 3. The first kappa shape index (κ1) is 13.8. The molecule has 0 atom stereocenters. The molecule has 0 fully saturated rings. The summed E-state index contributed by atoms with van der Waals surface area (Å²) in [7, 11) is 0. The van der Waals surface area contributed by atoms with E-state index in [1.807, 2.05) is 34.2 Å². The molecule has 0 saturated carbocycles. The summed E-state index contributed by atoms with van der Waals surface area (Å²) in [5.41, 5.74) is 1.50. The van der Waals surface area contributed by atoms with Crippen LogP contribution in [0.2, 0.25) is 5.15 Å². The standard InChI is InChI=1S/C14H11ClN4OS/c15-13-11(19-7-8-21-14(19)18-13)4-5-12(20)17-9-10-3-1-2-6-16-10/h1-8H,9H2,(H,17,20)/b5-4+. The molecule has 21 heavy (non-hydrogen) atoms. The Morgan fingerprint density at radius 2 is 2.38 bits per heavy atom. The van der Waals surface area contributed by atoms with Crippen molar-refractivity contribution >= 4 is 39.9 Å². The van der Waals surface area contributed by atoms with Gasteiger partial charge in [0.1, 0.15) is 0 Å². The van der Waals surface area contributed by atoms with Gasteiger partial charge >= 0.3 is 0 Å². The van der Waals surface area contributed by atoms with Crippen LogP contribution in [0.5, 0.6) is 0 Å². The van der Waals surface area contributed by atoms with E-state index >= 15 is 0 Å². The maximum absolute atomic E-state index is 11.8. The number of carbonyl (C=O) groups excluding carboxylic acids is 1. The van der Waals surface area contributed by atoms with E-state index in [4.69, 9.17) is 11.6 Å². The number of pyridine rings is 1. The average Bonchev–Trinajstić information content (AvgIpc) is 3.05. The van der Waals surface area contributed by atoms with Crippen LogP contribution in [0, 0.1) is 0 Å². The fourth-order valence-electron chi connectivity index (χ4n) is 1.82. The lowest BCUT2D eigenvalue weighted by molar-refractivity contribution is -0.116. The number of hydrogen-bond acceptors (Lipinski definition) is 4. The largest absolute Gasteiger partial charge is 0.347 e. The van der Waals surface area contributed by atoms with Crippen molar-refractivity contribution in [2.75, 3.05) is 0 Å². The number of nitrogens with one attached hydrogen (secondary N) is 1. The minimum atomic E-state index is -0.207. The van der Waals surface area contributed by atoms with Gasteiger partial charge in [-0.25, -0.2) is 4.98 Å². The van der Waals surface area contributed by atoms with Crippen LogP contribution in [0.4, 0.5) is 0 Å². The average molecular weight is 319 g/mol. The van der Waals surface area contributed by atoms with Gasteiger partial charge < -0.3 is 5.32 Å². The molecule has 1 N–H and O–H groups in total. The van der Waals surface area contributed by atoms with E-state index in [0.717, 1.165) is 10.7 Å². The van der Waals surface area contributed by atoms with Crippen molar-refractivity contribution in [1.82, 2.24) is 19.7 Å². The Morgan fingerprint density at radius 1 is 1.48 bits per heavy atom. The molecule has 3 heterocycles. The molecular formula is C14H11ClN4OS. The van der Waals surface area contributed by atoms with E-state index < -0.39 is 0 Å². The highest BCUT2D eigenvalue weighted by molar-refractivity contribution is 7.15. The fraction of sp³-hybridized carbons (Fsp3) is 0.0714. The van der Waals surface area contributed by atoms with Crippen molar-refractivity contribution in [1.29, 1.82) is 0 Å². The molecular weight excluding hydrogens is 308 g/mol. The van der Waals surface area contributed by atoms with E-state index in [1.54, 1.807) is 12.3 Å². The maximum Gasteiger partial charge on any atom is 0.244 e. The molecule has 0 aliphatic heterocycles. The summed E-state index contributed by atoms with van der Waals surface area (Å²) in [6.07, 6.45) is 6.65. The van der Waals surface area contributed by atoms with Crippen molar-refractivity contribution in [2.24, 2.45) is 0 Å². The van der Waals surface area contributed by atoms with Gasteiger partial charge in [-0.05, 0) is 18.2 Å². The number of fused-ring (bicyclic) bond motifs is 1. The third-order valence-corrected chi connectivity index (χ3v) is 3.85. The Labute approximate surface area is 129 Å². The van der Waals surface area contributed by atoms with Gasteiger partial charge in [0.15, 0.2) is 10.1 Å². The molecule has 1 amide bonds. The molecule has 0 spiro atoms. The zero-order chi connectivity index (χ0) is 14.7.